The molecule has 6 heteroatoms. The normalized spacial score (nSPS) is 14.7. The Balaban J connectivity index is 1.38. The monoisotopic (exact) mass is 448 g/mol. The number of fused-ring (bicyclic) bond motifs is 5. The topological polar surface area (TPSA) is 53.0 Å². The van der Waals surface area contributed by atoms with Gasteiger partial charge in [0.2, 0.25) is 0 Å². The summed E-state index contributed by atoms with van der Waals surface area (Å²) in [6.07, 6.45) is 4.17. The molecule has 1 fully saturated rings. The second kappa shape index (κ2) is 7.89. The van der Waals surface area contributed by atoms with Crippen LogP contribution in [0.3, 0.4) is 0 Å². The fourth-order valence-electron chi connectivity index (χ4n) is 5.36. The minimum Gasteiger partial charge on any atom is -0.371 e. The molecule has 4 heterocycles. The third-order valence-corrected chi connectivity index (χ3v) is 7.00. The zero-order valence-corrected chi connectivity index (χ0v) is 19.9. The van der Waals surface area contributed by atoms with E-state index in [2.05, 4.69) is 76.5 Å². The summed E-state index contributed by atoms with van der Waals surface area (Å²) >= 11 is 0. The number of hydrogen-bond acceptors (Lipinski definition) is 4. The van der Waals surface area contributed by atoms with Crippen molar-refractivity contribution < 1.29 is 0 Å². The lowest BCUT2D eigenvalue weighted by atomic mass is 9.98. The smallest absolute Gasteiger partial charge is 0.161 e. The Kier molecular flexibility index (Phi) is 4.82. The summed E-state index contributed by atoms with van der Waals surface area (Å²) in [4.78, 5) is 9.56. The van der Waals surface area contributed by atoms with Crippen LogP contribution in [0, 0.1) is 24.2 Å². The minimum absolute atomic E-state index is 0.677. The van der Waals surface area contributed by atoms with E-state index >= 15 is 0 Å². The van der Waals surface area contributed by atoms with Gasteiger partial charge in [0.05, 0.1) is 23.0 Å². The van der Waals surface area contributed by atoms with Gasteiger partial charge in [0.1, 0.15) is 0 Å². The number of anilines is 1. The van der Waals surface area contributed by atoms with Crippen LogP contribution in [0.25, 0.3) is 28.3 Å². The zero-order chi connectivity index (χ0) is 23.4. The fraction of sp³-hybridized carbons (Fsp3) is 0.286. The van der Waals surface area contributed by atoms with E-state index in [1.54, 1.807) is 0 Å². The summed E-state index contributed by atoms with van der Waals surface area (Å²) in [5.41, 5.74) is 8.98. The van der Waals surface area contributed by atoms with E-state index in [0.29, 0.717) is 5.56 Å². The first kappa shape index (κ1) is 20.8. The van der Waals surface area contributed by atoms with E-state index in [1.165, 1.54) is 16.9 Å². The Bertz CT molecular complexity index is 1410. The van der Waals surface area contributed by atoms with Gasteiger partial charge in [0, 0.05) is 61.4 Å². The molecule has 6 rings (SSSR count). The maximum Gasteiger partial charge on any atom is 0.161 e. The number of nitriles is 1. The highest BCUT2D eigenvalue weighted by atomic mass is 15.2. The Morgan fingerprint density at radius 3 is 2.59 bits per heavy atom. The summed E-state index contributed by atoms with van der Waals surface area (Å²) in [6.45, 7) is 6.29. The lowest BCUT2D eigenvalue weighted by Gasteiger charge is -2.42. The summed E-state index contributed by atoms with van der Waals surface area (Å²) in [6, 6.07) is 19.1. The van der Waals surface area contributed by atoms with Gasteiger partial charge in [-0.25, -0.2) is 4.98 Å². The van der Waals surface area contributed by atoms with Crippen molar-refractivity contribution in [2.24, 2.45) is 5.92 Å². The molecule has 2 aromatic carbocycles. The summed E-state index contributed by atoms with van der Waals surface area (Å²) < 4.78 is 4.60. The quantitative estimate of drug-likeness (QED) is 0.405. The van der Waals surface area contributed by atoms with Crippen molar-refractivity contribution in [3.63, 3.8) is 0 Å². The van der Waals surface area contributed by atoms with E-state index in [-0.39, 0.29) is 0 Å². The zero-order valence-electron chi connectivity index (χ0n) is 19.9. The molecule has 4 aromatic rings. The Morgan fingerprint density at radius 2 is 1.85 bits per heavy atom. The molecule has 0 amide bonds. The number of aryl methyl sites for hydroxylation is 1. The van der Waals surface area contributed by atoms with Gasteiger partial charge < -0.3 is 14.4 Å². The van der Waals surface area contributed by atoms with Crippen molar-refractivity contribution in [3.8, 4) is 34.4 Å². The second-order valence-corrected chi connectivity index (χ2v) is 9.84. The third-order valence-electron chi connectivity index (χ3n) is 7.00. The van der Waals surface area contributed by atoms with Crippen LogP contribution in [0.2, 0.25) is 0 Å². The SMILES string of the molecule is Cc1cnc2n1-c1ccc(N3CC(CN(C)C)C3)cc1Cn1cc(-c3ccc(C#N)cc3)cc1-2. The van der Waals surface area contributed by atoms with Crippen LogP contribution in [0.1, 0.15) is 16.8 Å². The predicted molar refractivity (Wildman–Crippen MR) is 135 cm³/mol. The maximum atomic E-state index is 9.13. The summed E-state index contributed by atoms with van der Waals surface area (Å²) in [7, 11) is 4.30. The second-order valence-electron chi connectivity index (χ2n) is 9.84. The first-order chi connectivity index (χ1) is 16.5. The molecule has 6 nitrogen and oxygen atoms in total. The highest BCUT2D eigenvalue weighted by Gasteiger charge is 2.29. The molecule has 2 aliphatic rings. The van der Waals surface area contributed by atoms with Crippen LogP contribution in [0.5, 0.6) is 0 Å². The highest BCUT2D eigenvalue weighted by molar-refractivity contribution is 5.73. The molecule has 0 atom stereocenters. The maximum absolute atomic E-state index is 9.13. The van der Waals surface area contributed by atoms with E-state index in [9.17, 15) is 0 Å². The van der Waals surface area contributed by atoms with Crippen LogP contribution in [-0.2, 0) is 6.54 Å². The molecule has 0 N–H and O–H groups in total. The van der Waals surface area contributed by atoms with Crippen LogP contribution in [-0.4, -0.2) is 52.7 Å². The van der Waals surface area contributed by atoms with E-state index in [4.69, 9.17) is 10.2 Å². The molecule has 0 unspecified atom stereocenters. The highest BCUT2D eigenvalue weighted by Crippen LogP contribution is 2.37. The third kappa shape index (κ3) is 3.41. The molecule has 0 radical (unpaired) electrons. The van der Waals surface area contributed by atoms with E-state index in [0.717, 1.165) is 60.4 Å². The number of benzene rings is 2. The molecule has 34 heavy (non-hydrogen) atoms. The van der Waals surface area contributed by atoms with Crippen molar-refractivity contribution in [1.29, 1.82) is 5.26 Å². The molecule has 170 valence electrons. The number of nitrogens with zero attached hydrogens (tertiary/aromatic N) is 6. The first-order valence-corrected chi connectivity index (χ1v) is 11.8. The number of hydrogen-bond donors (Lipinski definition) is 0. The van der Waals surface area contributed by atoms with Gasteiger partial charge >= 0.3 is 0 Å². The average molecular weight is 449 g/mol. The minimum atomic E-state index is 0.677. The molecular formula is C28H28N6. The predicted octanol–water partition coefficient (Wildman–Crippen LogP) is 4.55. The lowest BCUT2D eigenvalue weighted by Crippen LogP contribution is -2.50. The molecule has 0 saturated carbocycles. The molecule has 2 aromatic heterocycles. The molecule has 1 saturated heterocycles. The van der Waals surface area contributed by atoms with Crippen molar-refractivity contribution in [2.45, 2.75) is 13.5 Å². The average Bonchev–Trinajstić information content (AvgIpc) is 3.36. The van der Waals surface area contributed by atoms with Gasteiger partial charge in [-0.05, 0) is 68.5 Å². The van der Waals surface area contributed by atoms with Crippen molar-refractivity contribution in [1.82, 2.24) is 19.0 Å². The van der Waals surface area contributed by atoms with Gasteiger partial charge in [0.15, 0.2) is 5.82 Å². The van der Waals surface area contributed by atoms with Crippen LogP contribution < -0.4 is 4.90 Å². The molecule has 0 spiro atoms. The number of aromatic nitrogens is 3. The number of rotatable bonds is 4. The molecule has 0 aliphatic carbocycles. The van der Waals surface area contributed by atoms with Crippen molar-refractivity contribution >= 4 is 5.69 Å². The van der Waals surface area contributed by atoms with Crippen molar-refractivity contribution in [3.05, 3.63) is 77.7 Å². The van der Waals surface area contributed by atoms with Crippen LogP contribution >= 0.6 is 0 Å². The van der Waals surface area contributed by atoms with Gasteiger partial charge in [-0.1, -0.05) is 12.1 Å². The lowest BCUT2D eigenvalue weighted by molar-refractivity contribution is 0.283. The summed E-state index contributed by atoms with van der Waals surface area (Å²) in [5, 5.41) is 9.13. The van der Waals surface area contributed by atoms with Gasteiger partial charge in [-0.2, -0.15) is 5.26 Å². The summed E-state index contributed by atoms with van der Waals surface area (Å²) in [5.74, 6) is 1.71. The van der Waals surface area contributed by atoms with E-state index < -0.39 is 0 Å². The Morgan fingerprint density at radius 1 is 1.06 bits per heavy atom. The Labute approximate surface area is 200 Å². The van der Waals surface area contributed by atoms with Gasteiger partial charge in [-0.15, -0.1) is 0 Å². The fourth-order valence-corrected chi connectivity index (χ4v) is 5.36. The molecule has 2 aliphatic heterocycles. The van der Waals surface area contributed by atoms with Gasteiger partial charge in [-0.3, -0.25) is 4.57 Å². The Hall–Kier alpha value is -3.82. The van der Waals surface area contributed by atoms with Gasteiger partial charge in [0.25, 0.3) is 0 Å². The number of imidazole rings is 1. The van der Waals surface area contributed by atoms with E-state index in [1.807, 2.05) is 30.5 Å². The molecule has 0 bridgehead atoms. The first-order valence-electron chi connectivity index (χ1n) is 11.8. The largest absolute Gasteiger partial charge is 0.371 e. The van der Waals surface area contributed by atoms with Crippen molar-refractivity contribution in [2.75, 3.05) is 38.6 Å². The van der Waals surface area contributed by atoms with Crippen LogP contribution in [0.4, 0.5) is 5.69 Å². The standard InChI is InChI=1S/C28H28N6/c1-19-13-30-28-27-11-23(22-6-4-20(12-29)5-7-22)17-33(27)18-24-10-25(8-9-26(24)34(19)28)32-15-21(16-32)14-31(2)3/h4-11,13,17,21H,14-16,18H2,1-3H3. The molecular weight excluding hydrogens is 420 g/mol. The van der Waals surface area contributed by atoms with Crippen LogP contribution in [0.15, 0.2) is 60.9 Å².